The monoisotopic (exact) mass is 239 g/mol. The number of aromatic nitrogens is 2. The summed E-state index contributed by atoms with van der Waals surface area (Å²) in [5.41, 5.74) is 6.42. The van der Waals surface area contributed by atoms with E-state index in [1.54, 1.807) is 7.11 Å². The van der Waals surface area contributed by atoms with Gasteiger partial charge in [-0.15, -0.1) is 0 Å². The molecule has 0 aromatic carbocycles. The Morgan fingerprint density at radius 3 is 2.53 bits per heavy atom. The fraction of sp³-hybridized carbons (Fsp3) is 0.636. The van der Waals surface area contributed by atoms with Crippen molar-refractivity contribution in [1.82, 2.24) is 9.97 Å². The van der Waals surface area contributed by atoms with Crippen LogP contribution in [0, 0.1) is 0 Å². The molecule has 0 saturated carbocycles. The number of methoxy groups -OCH3 is 1. The van der Waals surface area contributed by atoms with Gasteiger partial charge in [0.15, 0.2) is 11.6 Å². The van der Waals surface area contributed by atoms with E-state index in [4.69, 9.17) is 10.5 Å². The first-order valence-electron chi connectivity index (χ1n) is 5.55. The van der Waals surface area contributed by atoms with Gasteiger partial charge in [-0.2, -0.15) is 0 Å². The van der Waals surface area contributed by atoms with Crippen LogP contribution in [0.2, 0.25) is 0 Å². The highest BCUT2D eigenvalue weighted by molar-refractivity contribution is 5.74. The molecule has 0 aliphatic rings. The Morgan fingerprint density at radius 1 is 1.29 bits per heavy atom. The first-order chi connectivity index (χ1) is 7.94. The molecule has 0 aliphatic carbocycles. The molecule has 96 valence electrons. The van der Waals surface area contributed by atoms with E-state index in [0.29, 0.717) is 30.5 Å². The normalized spacial score (nSPS) is 11.3. The van der Waals surface area contributed by atoms with Crippen molar-refractivity contribution in [1.29, 1.82) is 0 Å². The van der Waals surface area contributed by atoms with E-state index < -0.39 is 0 Å². The molecule has 6 heteroatoms. The van der Waals surface area contributed by atoms with Gasteiger partial charge in [0.25, 0.3) is 0 Å². The summed E-state index contributed by atoms with van der Waals surface area (Å²) in [7, 11) is 1.65. The highest BCUT2D eigenvalue weighted by atomic mass is 16.5. The lowest BCUT2D eigenvalue weighted by atomic mass is 10.1. The van der Waals surface area contributed by atoms with Crippen LogP contribution < -0.4 is 16.4 Å². The zero-order valence-corrected chi connectivity index (χ0v) is 10.9. The summed E-state index contributed by atoms with van der Waals surface area (Å²) >= 11 is 0. The molecule has 4 N–H and O–H groups in total. The molecule has 0 bridgehead atoms. The van der Waals surface area contributed by atoms with Crippen LogP contribution >= 0.6 is 0 Å². The Labute approximate surface area is 102 Å². The molecule has 0 spiro atoms. The Kier molecular flexibility index (Phi) is 4.51. The number of nitrogen functional groups attached to an aromatic ring is 1. The molecule has 6 nitrogen and oxygen atoms in total. The Morgan fingerprint density at radius 2 is 1.94 bits per heavy atom. The quantitative estimate of drug-likeness (QED) is 0.672. The smallest absolute Gasteiger partial charge is 0.155 e. The number of ether oxygens (including phenoxy) is 1. The van der Waals surface area contributed by atoms with Crippen molar-refractivity contribution in [2.24, 2.45) is 0 Å². The van der Waals surface area contributed by atoms with Crippen molar-refractivity contribution in [3.05, 3.63) is 6.33 Å². The van der Waals surface area contributed by atoms with Gasteiger partial charge in [0.1, 0.15) is 12.0 Å². The number of nitrogens with one attached hydrogen (secondary N) is 2. The SMILES string of the molecule is COCCNc1ncnc(NC(C)(C)C)c1N. The number of anilines is 3. The molecule has 0 radical (unpaired) electrons. The summed E-state index contributed by atoms with van der Waals surface area (Å²) in [6.45, 7) is 7.41. The zero-order chi connectivity index (χ0) is 12.9. The van der Waals surface area contributed by atoms with Crippen LogP contribution in [-0.2, 0) is 4.74 Å². The van der Waals surface area contributed by atoms with E-state index in [0.717, 1.165) is 0 Å². The summed E-state index contributed by atoms with van der Waals surface area (Å²) < 4.78 is 4.95. The van der Waals surface area contributed by atoms with E-state index in [2.05, 4.69) is 20.6 Å². The molecular weight excluding hydrogens is 218 g/mol. The Hall–Kier alpha value is -1.56. The zero-order valence-electron chi connectivity index (χ0n) is 10.9. The van der Waals surface area contributed by atoms with Crippen LogP contribution in [-0.4, -0.2) is 35.8 Å². The second-order valence-corrected chi connectivity index (χ2v) is 4.78. The number of nitrogens with zero attached hydrogens (tertiary/aromatic N) is 2. The third-order valence-electron chi connectivity index (χ3n) is 1.98. The molecule has 0 saturated heterocycles. The molecule has 0 aliphatic heterocycles. The summed E-state index contributed by atoms with van der Waals surface area (Å²) in [6.07, 6.45) is 1.49. The van der Waals surface area contributed by atoms with Crippen LogP contribution in [0.5, 0.6) is 0 Å². The van der Waals surface area contributed by atoms with Gasteiger partial charge in [-0.3, -0.25) is 0 Å². The van der Waals surface area contributed by atoms with Crippen molar-refractivity contribution < 1.29 is 4.74 Å². The molecule has 17 heavy (non-hydrogen) atoms. The van der Waals surface area contributed by atoms with Crippen molar-refractivity contribution in [3.63, 3.8) is 0 Å². The molecule has 1 aromatic rings. The average molecular weight is 239 g/mol. The Balaban J connectivity index is 2.76. The lowest BCUT2D eigenvalue weighted by Crippen LogP contribution is -2.27. The molecule has 1 aromatic heterocycles. The predicted molar refractivity (Wildman–Crippen MR) is 70.2 cm³/mol. The molecule has 0 fully saturated rings. The van der Waals surface area contributed by atoms with Crippen LogP contribution in [0.3, 0.4) is 0 Å². The Bertz CT molecular complexity index is 361. The van der Waals surface area contributed by atoms with Gasteiger partial charge in [-0.05, 0) is 20.8 Å². The van der Waals surface area contributed by atoms with Gasteiger partial charge in [0.2, 0.25) is 0 Å². The lowest BCUT2D eigenvalue weighted by Gasteiger charge is -2.22. The standard InChI is InChI=1S/C11H21N5O/c1-11(2,3)16-10-8(12)9(14-7-15-10)13-5-6-17-4/h7H,5-6,12H2,1-4H3,(H2,13,14,15,16). The summed E-state index contributed by atoms with van der Waals surface area (Å²) in [6, 6.07) is 0. The molecule has 0 atom stereocenters. The summed E-state index contributed by atoms with van der Waals surface area (Å²) in [5.74, 6) is 1.27. The first-order valence-corrected chi connectivity index (χ1v) is 5.55. The molecule has 1 heterocycles. The maximum atomic E-state index is 5.98. The lowest BCUT2D eigenvalue weighted by molar-refractivity contribution is 0.210. The van der Waals surface area contributed by atoms with E-state index in [1.165, 1.54) is 6.33 Å². The van der Waals surface area contributed by atoms with Crippen molar-refractivity contribution in [2.75, 3.05) is 36.6 Å². The third kappa shape index (κ3) is 4.44. The van der Waals surface area contributed by atoms with Crippen LogP contribution in [0.15, 0.2) is 6.33 Å². The van der Waals surface area contributed by atoms with Crippen LogP contribution in [0.4, 0.5) is 17.3 Å². The number of hydrogen-bond donors (Lipinski definition) is 3. The van der Waals surface area contributed by atoms with Crippen molar-refractivity contribution in [3.8, 4) is 0 Å². The van der Waals surface area contributed by atoms with E-state index in [-0.39, 0.29) is 5.54 Å². The maximum absolute atomic E-state index is 5.98. The molecule has 1 rings (SSSR count). The average Bonchev–Trinajstić information content (AvgIpc) is 2.22. The third-order valence-corrected chi connectivity index (χ3v) is 1.98. The fourth-order valence-corrected chi connectivity index (χ4v) is 1.26. The second kappa shape index (κ2) is 5.67. The van der Waals surface area contributed by atoms with Crippen molar-refractivity contribution in [2.45, 2.75) is 26.3 Å². The molecular formula is C11H21N5O. The largest absolute Gasteiger partial charge is 0.393 e. The van der Waals surface area contributed by atoms with Gasteiger partial charge >= 0.3 is 0 Å². The molecule has 0 unspecified atom stereocenters. The maximum Gasteiger partial charge on any atom is 0.155 e. The van der Waals surface area contributed by atoms with Gasteiger partial charge in [-0.1, -0.05) is 0 Å². The number of hydrogen-bond acceptors (Lipinski definition) is 6. The van der Waals surface area contributed by atoms with Gasteiger partial charge < -0.3 is 21.1 Å². The first kappa shape index (κ1) is 13.5. The second-order valence-electron chi connectivity index (χ2n) is 4.78. The highest BCUT2D eigenvalue weighted by Gasteiger charge is 2.14. The topological polar surface area (TPSA) is 85.1 Å². The van der Waals surface area contributed by atoms with E-state index in [9.17, 15) is 0 Å². The summed E-state index contributed by atoms with van der Waals surface area (Å²) in [5, 5.41) is 6.33. The molecule has 0 amide bonds. The van der Waals surface area contributed by atoms with Gasteiger partial charge in [0.05, 0.1) is 6.61 Å². The minimum Gasteiger partial charge on any atom is -0.393 e. The minimum absolute atomic E-state index is 0.0910. The number of rotatable bonds is 5. The van der Waals surface area contributed by atoms with Crippen LogP contribution in [0.1, 0.15) is 20.8 Å². The fourth-order valence-electron chi connectivity index (χ4n) is 1.26. The highest BCUT2D eigenvalue weighted by Crippen LogP contribution is 2.24. The van der Waals surface area contributed by atoms with E-state index in [1.807, 2.05) is 20.8 Å². The van der Waals surface area contributed by atoms with E-state index >= 15 is 0 Å². The predicted octanol–water partition coefficient (Wildman–Crippen LogP) is 1.33. The van der Waals surface area contributed by atoms with Gasteiger partial charge in [0, 0.05) is 19.2 Å². The summed E-state index contributed by atoms with van der Waals surface area (Å²) in [4.78, 5) is 8.23. The van der Waals surface area contributed by atoms with Crippen LogP contribution in [0.25, 0.3) is 0 Å². The minimum atomic E-state index is -0.0910. The van der Waals surface area contributed by atoms with Gasteiger partial charge in [-0.25, -0.2) is 9.97 Å². The number of nitrogens with two attached hydrogens (primary N) is 1. The van der Waals surface area contributed by atoms with Crippen molar-refractivity contribution >= 4 is 17.3 Å².